The molecule has 0 saturated heterocycles. The minimum atomic E-state index is -0.914. The topological polar surface area (TPSA) is 63.6 Å². The van der Waals surface area contributed by atoms with E-state index in [1.807, 2.05) is 0 Å². The molecule has 1 aliphatic rings. The van der Waals surface area contributed by atoms with E-state index in [2.05, 4.69) is 0 Å². The van der Waals surface area contributed by atoms with Crippen molar-refractivity contribution in [3.05, 3.63) is 0 Å². The number of hydrogen-bond acceptors (Lipinski definition) is 3. The number of carbonyl (C=O) groups excluding carboxylic acids is 1. The molecule has 0 aromatic heterocycles. The first-order chi connectivity index (χ1) is 5.92. The average Bonchev–Trinajstić information content (AvgIpc) is 2.54. The highest BCUT2D eigenvalue weighted by atomic mass is 16.5. The van der Waals surface area contributed by atoms with Crippen molar-refractivity contribution in [2.24, 2.45) is 17.3 Å². The van der Waals surface area contributed by atoms with Gasteiger partial charge in [-0.05, 0) is 12.3 Å². The lowest BCUT2D eigenvalue weighted by atomic mass is 10.1. The van der Waals surface area contributed by atoms with Crippen molar-refractivity contribution in [3.8, 4) is 0 Å². The Morgan fingerprint density at radius 1 is 1.38 bits per heavy atom. The lowest BCUT2D eigenvalue weighted by Crippen LogP contribution is -2.11. The molecule has 1 aliphatic carbocycles. The summed E-state index contributed by atoms with van der Waals surface area (Å²) in [5, 5.41) is 8.77. The van der Waals surface area contributed by atoms with E-state index in [0.29, 0.717) is 6.61 Å². The van der Waals surface area contributed by atoms with Crippen molar-refractivity contribution >= 4 is 11.9 Å². The van der Waals surface area contributed by atoms with Crippen LogP contribution in [0.25, 0.3) is 0 Å². The Kier molecular flexibility index (Phi) is 2.32. The molecule has 4 nitrogen and oxygen atoms in total. The van der Waals surface area contributed by atoms with Gasteiger partial charge in [-0.2, -0.15) is 0 Å². The van der Waals surface area contributed by atoms with Crippen LogP contribution < -0.4 is 0 Å². The molecule has 0 amide bonds. The fourth-order valence-corrected chi connectivity index (χ4v) is 1.77. The molecule has 1 fully saturated rings. The molecule has 0 spiro atoms. The van der Waals surface area contributed by atoms with Crippen molar-refractivity contribution in [3.63, 3.8) is 0 Å². The number of carboxylic acids is 1. The van der Waals surface area contributed by atoms with Gasteiger partial charge in [-0.15, -0.1) is 0 Å². The smallest absolute Gasteiger partial charge is 0.310 e. The summed E-state index contributed by atoms with van der Waals surface area (Å²) in [5.41, 5.74) is -0.446. The first-order valence-corrected chi connectivity index (χ1v) is 4.32. The van der Waals surface area contributed by atoms with Crippen LogP contribution in [-0.2, 0) is 14.3 Å². The molecule has 1 N–H and O–H groups in total. The lowest BCUT2D eigenvalue weighted by Gasteiger charge is -2.01. The van der Waals surface area contributed by atoms with Gasteiger partial charge in [-0.25, -0.2) is 0 Å². The molecule has 1 saturated carbocycles. The summed E-state index contributed by atoms with van der Waals surface area (Å²) in [6, 6.07) is 0. The van der Waals surface area contributed by atoms with E-state index in [1.165, 1.54) is 0 Å². The van der Waals surface area contributed by atoms with Crippen LogP contribution in [0.3, 0.4) is 0 Å². The number of aliphatic carboxylic acids is 1. The largest absolute Gasteiger partial charge is 0.481 e. The second-order valence-electron chi connectivity index (χ2n) is 3.87. The molecule has 13 heavy (non-hydrogen) atoms. The molecular formula is C9H14O4. The molecule has 0 aromatic carbocycles. The molecule has 74 valence electrons. The molecule has 1 rings (SSSR count). The van der Waals surface area contributed by atoms with Gasteiger partial charge in [0.15, 0.2) is 0 Å². The Labute approximate surface area is 76.9 Å². The quantitative estimate of drug-likeness (QED) is 0.665. The van der Waals surface area contributed by atoms with Gasteiger partial charge in [-0.1, -0.05) is 13.8 Å². The fraction of sp³-hybridized carbons (Fsp3) is 0.778. The second-order valence-corrected chi connectivity index (χ2v) is 3.87. The number of ether oxygens (including phenoxy) is 1. The van der Waals surface area contributed by atoms with Crippen LogP contribution in [0.4, 0.5) is 0 Å². The maximum atomic E-state index is 11.3. The van der Waals surface area contributed by atoms with Gasteiger partial charge in [0.25, 0.3) is 0 Å². The number of hydrogen-bond donors (Lipinski definition) is 1. The number of carbonyl (C=O) groups is 2. The van der Waals surface area contributed by atoms with E-state index in [0.717, 1.165) is 0 Å². The summed E-state index contributed by atoms with van der Waals surface area (Å²) in [7, 11) is 0. The third kappa shape index (κ3) is 1.53. The summed E-state index contributed by atoms with van der Waals surface area (Å²) < 4.78 is 4.78. The van der Waals surface area contributed by atoms with Crippen molar-refractivity contribution in [2.45, 2.75) is 20.8 Å². The van der Waals surface area contributed by atoms with E-state index in [9.17, 15) is 9.59 Å². The summed E-state index contributed by atoms with van der Waals surface area (Å²) in [4.78, 5) is 21.9. The van der Waals surface area contributed by atoms with Crippen LogP contribution in [0, 0.1) is 17.3 Å². The number of esters is 1. The molecule has 4 heteroatoms. The van der Waals surface area contributed by atoms with E-state index in [-0.39, 0.29) is 5.97 Å². The second kappa shape index (κ2) is 3.01. The number of carboxylic acid groups (broad SMARTS) is 1. The molecule has 0 aliphatic heterocycles. The van der Waals surface area contributed by atoms with E-state index in [1.54, 1.807) is 20.8 Å². The molecule has 0 radical (unpaired) electrons. The summed E-state index contributed by atoms with van der Waals surface area (Å²) in [6.45, 7) is 5.56. The lowest BCUT2D eigenvalue weighted by molar-refractivity contribution is -0.148. The minimum Gasteiger partial charge on any atom is -0.481 e. The van der Waals surface area contributed by atoms with Crippen molar-refractivity contribution in [2.75, 3.05) is 6.61 Å². The maximum absolute atomic E-state index is 11.3. The van der Waals surface area contributed by atoms with Gasteiger partial charge in [0, 0.05) is 0 Å². The van der Waals surface area contributed by atoms with Crippen LogP contribution in [-0.4, -0.2) is 23.7 Å². The Hall–Kier alpha value is -1.06. The van der Waals surface area contributed by atoms with Gasteiger partial charge in [0.05, 0.1) is 18.4 Å². The van der Waals surface area contributed by atoms with Crippen LogP contribution in [0.2, 0.25) is 0 Å². The first-order valence-electron chi connectivity index (χ1n) is 4.32. The SMILES string of the molecule is CCOC(=O)C1C(C(=O)O)C1(C)C. The van der Waals surface area contributed by atoms with Crippen LogP contribution in [0.5, 0.6) is 0 Å². The summed E-state index contributed by atoms with van der Waals surface area (Å²) in [6.07, 6.45) is 0. The van der Waals surface area contributed by atoms with Gasteiger partial charge in [-0.3, -0.25) is 9.59 Å². The molecular weight excluding hydrogens is 172 g/mol. The Bertz CT molecular complexity index is 244. The van der Waals surface area contributed by atoms with Gasteiger partial charge >= 0.3 is 11.9 Å². The predicted octanol–water partition coefficient (Wildman–Crippen LogP) is 0.906. The zero-order valence-electron chi connectivity index (χ0n) is 8.03. The average molecular weight is 186 g/mol. The monoisotopic (exact) mass is 186 g/mol. The zero-order chi connectivity index (χ0) is 10.2. The van der Waals surface area contributed by atoms with Crippen molar-refractivity contribution in [1.82, 2.24) is 0 Å². The fourth-order valence-electron chi connectivity index (χ4n) is 1.77. The summed E-state index contributed by atoms with van der Waals surface area (Å²) in [5.74, 6) is -2.35. The van der Waals surface area contributed by atoms with E-state index < -0.39 is 23.2 Å². The normalized spacial score (nSPS) is 29.5. The van der Waals surface area contributed by atoms with Gasteiger partial charge < -0.3 is 9.84 Å². The third-order valence-corrected chi connectivity index (χ3v) is 2.63. The van der Waals surface area contributed by atoms with E-state index in [4.69, 9.17) is 9.84 Å². The first kappa shape index (κ1) is 10.0. The van der Waals surface area contributed by atoms with Gasteiger partial charge in [0.2, 0.25) is 0 Å². The van der Waals surface area contributed by atoms with Crippen molar-refractivity contribution in [1.29, 1.82) is 0 Å². The van der Waals surface area contributed by atoms with Crippen LogP contribution in [0.1, 0.15) is 20.8 Å². The molecule has 2 unspecified atom stereocenters. The Morgan fingerprint density at radius 3 is 2.23 bits per heavy atom. The van der Waals surface area contributed by atoms with Crippen LogP contribution in [0.15, 0.2) is 0 Å². The molecule has 2 atom stereocenters. The Morgan fingerprint density at radius 2 is 1.92 bits per heavy atom. The minimum absolute atomic E-state index is 0.303. The molecule has 0 bridgehead atoms. The Balaban J connectivity index is 2.65. The number of rotatable bonds is 3. The highest BCUT2D eigenvalue weighted by Crippen LogP contribution is 2.58. The molecule has 0 aromatic rings. The summed E-state index contributed by atoms with van der Waals surface area (Å²) >= 11 is 0. The maximum Gasteiger partial charge on any atom is 0.310 e. The van der Waals surface area contributed by atoms with Crippen LogP contribution >= 0.6 is 0 Å². The van der Waals surface area contributed by atoms with Gasteiger partial charge in [0.1, 0.15) is 0 Å². The predicted molar refractivity (Wildman–Crippen MR) is 45.0 cm³/mol. The highest BCUT2D eigenvalue weighted by molar-refractivity contribution is 5.88. The molecule has 0 heterocycles. The standard InChI is InChI=1S/C9H14O4/c1-4-13-8(12)6-5(7(10)11)9(6,2)3/h5-6H,4H2,1-3H3,(H,10,11). The van der Waals surface area contributed by atoms with E-state index >= 15 is 0 Å². The van der Waals surface area contributed by atoms with Crippen molar-refractivity contribution < 1.29 is 19.4 Å². The zero-order valence-corrected chi connectivity index (χ0v) is 8.03. The highest BCUT2D eigenvalue weighted by Gasteiger charge is 2.66. The third-order valence-electron chi connectivity index (χ3n) is 2.63.